The normalized spacial score (nSPS) is 11.6. The molecular formula is C102H64N8O2. The zero-order valence-electron chi connectivity index (χ0n) is 60.3. The molecule has 0 atom stereocenters. The van der Waals surface area contributed by atoms with Gasteiger partial charge in [0.2, 0.25) is 0 Å². The second-order valence-corrected chi connectivity index (χ2v) is 28.1. The highest BCUT2D eigenvalue weighted by atomic mass is 16.3. The number of rotatable bonds is 12. The first-order valence-corrected chi connectivity index (χ1v) is 37.5. The molecule has 0 aliphatic rings. The lowest BCUT2D eigenvalue weighted by Crippen LogP contribution is -2.00. The van der Waals surface area contributed by atoms with Crippen LogP contribution in [0.15, 0.2) is 397 Å². The summed E-state index contributed by atoms with van der Waals surface area (Å²) in [6.07, 6.45) is 0. The molecule has 0 spiro atoms. The van der Waals surface area contributed by atoms with E-state index in [4.69, 9.17) is 38.7 Å². The molecule has 0 unspecified atom stereocenters. The molecule has 0 saturated heterocycles. The fourth-order valence-corrected chi connectivity index (χ4v) is 15.8. The largest absolute Gasteiger partial charge is 0.456 e. The lowest BCUT2D eigenvalue weighted by Gasteiger charge is -2.11. The van der Waals surface area contributed by atoms with Crippen LogP contribution in [0, 0.1) is 0 Å². The van der Waals surface area contributed by atoms with Gasteiger partial charge in [-0.25, -0.2) is 29.9 Å². The van der Waals surface area contributed by atoms with Gasteiger partial charge in [0.05, 0.1) is 22.1 Å². The van der Waals surface area contributed by atoms with Gasteiger partial charge in [0.25, 0.3) is 0 Å². The second-order valence-electron chi connectivity index (χ2n) is 28.1. The van der Waals surface area contributed by atoms with Crippen molar-refractivity contribution in [1.29, 1.82) is 0 Å². The average Bonchev–Trinajstić information content (AvgIpc) is 1.57. The molecule has 6 heterocycles. The number of furan rings is 2. The van der Waals surface area contributed by atoms with Crippen LogP contribution in [-0.2, 0) is 0 Å². The van der Waals surface area contributed by atoms with E-state index in [2.05, 4.69) is 252 Å². The molecule has 16 aromatic carbocycles. The van der Waals surface area contributed by atoms with Crippen LogP contribution in [0.2, 0.25) is 0 Å². The van der Waals surface area contributed by atoms with Crippen LogP contribution in [0.5, 0.6) is 0 Å². The minimum atomic E-state index is 0.637. The van der Waals surface area contributed by atoms with Crippen LogP contribution in [-0.4, -0.2) is 39.0 Å². The van der Waals surface area contributed by atoms with Crippen molar-refractivity contribution >= 4 is 87.5 Å². The van der Waals surface area contributed by atoms with Gasteiger partial charge >= 0.3 is 0 Å². The van der Waals surface area contributed by atoms with Crippen molar-refractivity contribution in [2.24, 2.45) is 0 Å². The van der Waals surface area contributed by atoms with Gasteiger partial charge in [-0.05, 0) is 148 Å². The van der Waals surface area contributed by atoms with Crippen LogP contribution in [0.1, 0.15) is 0 Å². The molecule has 0 fully saturated rings. The molecule has 0 saturated carbocycles. The maximum Gasteiger partial charge on any atom is 0.164 e. The Morgan fingerprint density at radius 1 is 0.152 bits per heavy atom. The molecule has 22 rings (SSSR count). The van der Waals surface area contributed by atoms with Gasteiger partial charge in [-0.1, -0.05) is 285 Å². The number of hydrogen-bond acceptors (Lipinski definition) is 8. The van der Waals surface area contributed by atoms with Gasteiger partial charge in [0, 0.05) is 87.8 Å². The molecule has 10 nitrogen and oxygen atoms in total. The maximum absolute atomic E-state index is 6.24. The van der Waals surface area contributed by atoms with Crippen LogP contribution >= 0.6 is 0 Å². The van der Waals surface area contributed by atoms with Crippen molar-refractivity contribution in [3.8, 4) is 124 Å². The lowest BCUT2D eigenvalue weighted by atomic mass is 10.0. The van der Waals surface area contributed by atoms with E-state index in [0.717, 1.165) is 150 Å². The Balaban J connectivity index is 0.000000141. The van der Waals surface area contributed by atoms with Crippen LogP contribution in [0.25, 0.3) is 212 Å². The van der Waals surface area contributed by atoms with Gasteiger partial charge in [0.1, 0.15) is 22.3 Å². The molecule has 0 bridgehead atoms. The zero-order chi connectivity index (χ0) is 74.0. The molecule has 0 amide bonds. The topological polar surface area (TPSA) is 113 Å². The number of nitrogens with zero attached hydrogens (tertiary/aromatic N) is 8. The van der Waals surface area contributed by atoms with Crippen LogP contribution < -0.4 is 0 Å². The van der Waals surface area contributed by atoms with Gasteiger partial charge in [-0.3, -0.25) is 0 Å². The van der Waals surface area contributed by atoms with E-state index >= 15 is 0 Å². The molecule has 10 heteroatoms. The van der Waals surface area contributed by atoms with Crippen LogP contribution in [0.3, 0.4) is 0 Å². The molecule has 6 aromatic heterocycles. The molecule has 0 aliphatic heterocycles. The summed E-state index contributed by atoms with van der Waals surface area (Å²) in [6.45, 7) is 0. The van der Waals surface area contributed by atoms with Crippen molar-refractivity contribution in [1.82, 2.24) is 39.0 Å². The van der Waals surface area contributed by atoms with E-state index in [-0.39, 0.29) is 0 Å². The van der Waals surface area contributed by atoms with E-state index in [1.54, 1.807) is 0 Å². The van der Waals surface area contributed by atoms with Crippen molar-refractivity contribution in [3.05, 3.63) is 388 Å². The third kappa shape index (κ3) is 11.9. The summed E-state index contributed by atoms with van der Waals surface area (Å²) in [5, 5.41) is 9.40. The van der Waals surface area contributed by atoms with E-state index in [9.17, 15) is 0 Å². The Morgan fingerprint density at radius 3 is 0.893 bits per heavy atom. The van der Waals surface area contributed by atoms with Gasteiger partial charge < -0.3 is 18.0 Å². The third-order valence-corrected chi connectivity index (χ3v) is 21.3. The Hall–Kier alpha value is -15.3. The number of para-hydroxylation sites is 4. The standard InChI is InChI=1S/2C51H32N4O/c1-3-12-34(13-4-1)49-52-50(35-14-5-2-6-15-35)54-51(53-49)39-17-11-16-36(30-39)33-22-26-40(27-23-33)55-45-20-9-7-18-41(45)44-31-37(25-29-46(44)55)38-24-28-43-42-19-8-10-21-47(42)56-48(43)32-38;1-3-12-34(13-4-1)49-52-50(35-14-5-2-6-15-35)54-51(53-49)36-24-22-33(23-25-36)37-16-11-17-40(30-37)55-45-20-9-7-18-41(45)44-31-38(27-29-46(44)55)39-26-28-43-42-19-8-10-21-47(42)56-48(43)32-39/h2*1-32H. The Labute approximate surface area is 643 Å². The molecule has 524 valence electrons. The first-order valence-electron chi connectivity index (χ1n) is 37.5. The summed E-state index contributed by atoms with van der Waals surface area (Å²) in [6, 6.07) is 135. The predicted molar refractivity (Wildman–Crippen MR) is 457 cm³/mol. The summed E-state index contributed by atoms with van der Waals surface area (Å²) < 4.78 is 17.2. The first kappa shape index (κ1) is 65.1. The summed E-state index contributed by atoms with van der Waals surface area (Å²) >= 11 is 0. The summed E-state index contributed by atoms with van der Waals surface area (Å²) in [7, 11) is 0. The molecule has 112 heavy (non-hydrogen) atoms. The van der Waals surface area contributed by atoms with Crippen molar-refractivity contribution in [3.63, 3.8) is 0 Å². The highest BCUT2D eigenvalue weighted by molar-refractivity contribution is 6.13. The molecule has 0 aliphatic carbocycles. The Kier molecular flexibility index (Phi) is 16.0. The van der Waals surface area contributed by atoms with Gasteiger partial charge in [0.15, 0.2) is 34.9 Å². The second kappa shape index (κ2) is 27.5. The minimum absolute atomic E-state index is 0.637. The predicted octanol–water partition coefficient (Wildman–Crippen LogP) is 26.4. The van der Waals surface area contributed by atoms with Crippen LogP contribution in [0.4, 0.5) is 0 Å². The smallest absolute Gasteiger partial charge is 0.164 e. The quantitative estimate of drug-likeness (QED) is 0.119. The van der Waals surface area contributed by atoms with Crippen molar-refractivity contribution in [2.45, 2.75) is 0 Å². The Morgan fingerprint density at radius 2 is 0.438 bits per heavy atom. The first-order chi connectivity index (χ1) is 55.5. The van der Waals surface area contributed by atoms with E-state index in [0.29, 0.717) is 34.9 Å². The highest BCUT2D eigenvalue weighted by Crippen LogP contribution is 2.42. The van der Waals surface area contributed by atoms with Gasteiger partial charge in [-0.2, -0.15) is 0 Å². The Bertz CT molecular complexity index is 7240. The number of aromatic nitrogens is 8. The number of fused-ring (bicyclic) bond motifs is 12. The zero-order valence-corrected chi connectivity index (χ0v) is 60.3. The lowest BCUT2D eigenvalue weighted by molar-refractivity contribution is 0.668. The number of hydrogen-bond donors (Lipinski definition) is 0. The molecule has 0 radical (unpaired) electrons. The maximum atomic E-state index is 6.24. The van der Waals surface area contributed by atoms with Crippen molar-refractivity contribution < 1.29 is 8.83 Å². The minimum Gasteiger partial charge on any atom is -0.456 e. The SMILES string of the molecule is c1ccc(-c2nc(-c3ccccc3)nc(-c3ccc(-c4cccc(-n5c6ccccc6c6cc(-c7ccc8c(c7)oc7ccccc78)ccc65)c4)cc3)n2)cc1.c1ccc(-c2nc(-c3ccccc3)nc(-c3cccc(-c4ccc(-n5c6ccccc6c6cc(-c7ccc8c(c7)oc7ccccc78)ccc65)cc4)c3)n2)cc1. The third-order valence-electron chi connectivity index (χ3n) is 21.3. The van der Waals surface area contributed by atoms with E-state index in [1.807, 2.05) is 146 Å². The monoisotopic (exact) mass is 1430 g/mol. The fraction of sp³-hybridized carbons (Fsp3) is 0. The highest BCUT2D eigenvalue weighted by Gasteiger charge is 2.21. The summed E-state index contributed by atoms with van der Waals surface area (Å²) in [5.74, 6) is 3.87. The molecular weight excluding hydrogens is 1370 g/mol. The average molecular weight is 1430 g/mol. The van der Waals surface area contributed by atoms with E-state index in [1.165, 1.54) is 27.1 Å². The summed E-state index contributed by atoms with van der Waals surface area (Å²) in [4.78, 5) is 29.5. The summed E-state index contributed by atoms with van der Waals surface area (Å²) in [5.41, 5.74) is 25.2. The number of benzene rings is 16. The molecule has 0 N–H and O–H groups in total. The molecule has 22 aromatic rings. The van der Waals surface area contributed by atoms with E-state index < -0.39 is 0 Å². The van der Waals surface area contributed by atoms with Gasteiger partial charge in [-0.15, -0.1) is 0 Å². The van der Waals surface area contributed by atoms with Crippen molar-refractivity contribution in [2.75, 3.05) is 0 Å². The fourth-order valence-electron chi connectivity index (χ4n) is 15.8.